The molecule has 1 saturated heterocycles. The predicted molar refractivity (Wildman–Crippen MR) is 83.4 cm³/mol. The molecule has 1 aliphatic rings. The number of amides is 1. The van der Waals surface area contributed by atoms with Gasteiger partial charge in [-0.15, -0.1) is 0 Å². The molecule has 1 unspecified atom stereocenters. The van der Waals surface area contributed by atoms with Crippen LogP contribution in [0.3, 0.4) is 0 Å². The standard InChI is InChI=1S/C14H19IN2O2/c1-16(2)9-11-4-3-7-17(11)14(19)12-8-10(15)5-6-13(12)18/h5-6,8,11,18H,3-4,7,9H2,1-2H3. The van der Waals surface area contributed by atoms with Crippen molar-refractivity contribution in [3.05, 3.63) is 27.3 Å². The minimum Gasteiger partial charge on any atom is -0.507 e. The van der Waals surface area contributed by atoms with E-state index in [1.165, 1.54) is 0 Å². The highest BCUT2D eigenvalue weighted by Crippen LogP contribution is 2.26. The summed E-state index contributed by atoms with van der Waals surface area (Å²) in [7, 11) is 4.04. The molecule has 1 amide bonds. The Hall–Kier alpha value is -0.820. The number of phenolic OH excluding ortho intramolecular Hbond substituents is 1. The van der Waals surface area contributed by atoms with Crippen LogP contribution in [-0.4, -0.2) is 54.0 Å². The average molecular weight is 374 g/mol. The van der Waals surface area contributed by atoms with Gasteiger partial charge in [0.1, 0.15) is 5.75 Å². The van der Waals surface area contributed by atoms with Gasteiger partial charge in [0.2, 0.25) is 0 Å². The second-order valence-corrected chi connectivity index (χ2v) is 6.46. The SMILES string of the molecule is CN(C)CC1CCCN1C(=O)c1cc(I)ccc1O. The van der Waals surface area contributed by atoms with Crippen LogP contribution in [0, 0.1) is 3.57 Å². The predicted octanol–water partition coefficient (Wildman–Crippen LogP) is 2.16. The molecule has 1 N–H and O–H groups in total. The van der Waals surface area contributed by atoms with Crippen LogP contribution in [0.5, 0.6) is 5.75 Å². The van der Waals surface area contributed by atoms with Crippen LogP contribution < -0.4 is 0 Å². The molecule has 0 aromatic heterocycles. The summed E-state index contributed by atoms with van der Waals surface area (Å²) in [5.74, 6) is 0.0151. The van der Waals surface area contributed by atoms with Crippen LogP contribution in [-0.2, 0) is 0 Å². The van der Waals surface area contributed by atoms with E-state index in [4.69, 9.17) is 0 Å². The van der Waals surface area contributed by atoms with Crippen LogP contribution in [0.25, 0.3) is 0 Å². The second-order valence-electron chi connectivity index (χ2n) is 5.22. The maximum absolute atomic E-state index is 12.6. The number of benzene rings is 1. The molecule has 2 rings (SSSR count). The zero-order valence-electron chi connectivity index (χ0n) is 11.3. The summed E-state index contributed by atoms with van der Waals surface area (Å²) in [6, 6.07) is 5.39. The fourth-order valence-corrected chi connectivity index (χ4v) is 3.04. The maximum atomic E-state index is 12.6. The smallest absolute Gasteiger partial charge is 0.257 e. The van der Waals surface area contributed by atoms with Crippen molar-refractivity contribution in [3.8, 4) is 5.75 Å². The Bertz CT molecular complexity index is 477. The fourth-order valence-electron chi connectivity index (χ4n) is 2.55. The van der Waals surface area contributed by atoms with Gasteiger partial charge in [-0.05, 0) is 67.7 Å². The number of halogens is 1. The summed E-state index contributed by atoms with van der Waals surface area (Å²) in [6.07, 6.45) is 2.07. The number of rotatable bonds is 3. The molecule has 1 heterocycles. The molecule has 1 aromatic carbocycles. The summed E-state index contributed by atoms with van der Waals surface area (Å²) >= 11 is 2.15. The van der Waals surface area contributed by atoms with Gasteiger partial charge in [-0.2, -0.15) is 0 Å². The molecule has 1 atom stereocenters. The lowest BCUT2D eigenvalue weighted by atomic mass is 10.1. The van der Waals surface area contributed by atoms with Crippen LogP contribution in [0.1, 0.15) is 23.2 Å². The largest absolute Gasteiger partial charge is 0.507 e. The quantitative estimate of drug-likeness (QED) is 0.825. The normalized spacial score (nSPS) is 19.2. The molecule has 0 saturated carbocycles. The average Bonchev–Trinajstić information content (AvgIpc) is 2.78. The minimum atomic E-state index is -0.0552. The highest BCUT2D eigenvalue weighted by molar-refractivity contribution is 14.1. The third-order valence-electron chi connectivity index (χ3n) is 3.40. The van der Waals surface area contributed by atoms with E-state index in [0.29, 0.717) is 5.56 Å². The Balaban J connectivity index is 2.20. The molecule has 0 aliphatic carbocycles. The van der Waals surface area contributed by atoms with Crippen LogP contribution in [0.2, 0.25) is 0 Å². The number of hydrogen-bond acceptors (Lipinski definition) is 3. The first-order valence-electron chi connectivity index (χ1n) is 6.43. The summed E-state index contributed by atoms with van der Waals surface area (Å²) < 4.78 is 0.960. The Labute approximate surface area is 127 Å². The number of phenols is 1. The molecule has 104 valence electrons. The first kappa shape index (κ1) is 14.6. The molecular formula is C14H19IN2O2. The van der Waals surface area contributed by atoms with Gasteiger partial charge in [0.25, 0.3) is 5.91 Å². The third-order valence-corrected chi connectivity index (χ3v) is 4.07. The molecule has 19 heavy (non-hydrogen) atoms. The molecule has 0 radical (unpaired) electrons. The van der Waals surface area contributed by atoms with Gasteiger partial charge in [-0.25, -0.2) is 0 Å². The van der Waals surface area contributed by atoms with E-state index in [2.05, 4.69) is 27.5 Å². The number of aromatic hydroxyl groups is 1. The van der Waals surface area contributed by atoms with Crippen molar-refractivity contribution in [1.82, 2.24) is 9.80 Å². The third kappa shape index (κ3) is 3.39. The monoisotopic (exact) mass is 374 g/mol. The minimum absolute atomic E-state index is 0.0552. The van der Waals surface area contributed by atoms with Crippen molar-refractivity contribution in [1.29, 1.82) is 0 Å². The van der Waals surface area contributed by atoms with Gasteiger partial charge >= 0.3 is 0 Å². The number of carbonyl (C=O) groups excluding carboxylic acids is 1. The highest BCUT2D eigenvalue weighted by atomic mass is 127. The van der Waals surface area contributed by atoms with Crippen molar-refractivity contribution >= 4 is 28.5 Å². The van der Waals surface area contributed by atoms with Gasteiger partial charge in [0.05, 0.1) is 5.56 Å². The molecule has 0 spiro atoms. The van der Waals surface area contributed by atoms with E-state index in [0.717, 1.165) is 29.5 Å². The first-order valence-corrected chi connectivity index (χ1v) is 7.51. The zero-order chi connectivity index (χ0) is 14.0. The number of likely N-dealkylation sites (N-methyl/N-ethyl adjacent to an activating group) is 1. The van der Waals surface area contributed by atoms with Crippen molar-refractivity contribution in [2.75, 3.05) is 27.2 Å². The van der Waals surface area contributed by atoms with E-state index in [1.54, 1.807) is 18.2 Å². The number of carbonyl (C=O) groups is 1. The maximum Gasteiger partial charge on any atom is 0.257 e. The summed E-state index contributed by atoms with van der Waals surface area (Å²) in [6.45, 7) is 1.65. The van der Waals surface area contributed by atoms with E-state index in [-0.39, 0.29) is 17.7 Å². The number of likely N-dealkylation sites (tertiary alicyclic amines) is 1. The van der Waals surface area contributed by atoms with Crippen molar-refractivity contribution in [2.45, 2.75) is 18.9 Å². The molecule has 0 bridgehead atoms. The Morgan fingerprint density at radius 1 is 1.53 bits per heavy atom. The topological polar surface area (TPSA) is 43.8 Å². The molecule has 1 aliphatic heterocycles. The van der Waals surface area contributed by atoms with E-state index in [1.807, 2.05) is 19.0 Å². The van der Waals surface area contributed by atoms with E-state index in [9.17, 15) is 9.90 Å². The lowest BCUT2D eigenvalue weighted by Gasteiger charge is -2.27. The number of hydrogen-bond donors (Lipinski definition) is 1. The summed E-state index contributed by atoms with van der Waals surface area (Å²) in [5, 5.41) is 9.87. The molecule has 4 nitrogen and oxygen atoms in total. The van der Waals surface area contributed by atoms with Crippen molar-refractivity contribution < 1.29 is 9.90 Å². The lowest BCUT2D eigenvalue weighted by Crippen LogP contribution is -2.41. The lowest BCUT2D eigenvalue weighted by molar-refractivity contribution is 0.0713. The summed E-state index contributed by atoms with van der Waals surface area (Å²) in [4.78, 5) is 16.6. The van der Waals surface area contributed by atoms with Crippen molar-refractivity contribution in [2.24, 2.45) is 0 Å². The highest BCUT2D eigenvalue weighted by Gasteiger charge is 2.30. The molecule has 1 fully saturated rings. The van der Waals surface area contributed by atoms with Gasteiger partial charge in [-0.1, -0.05) is 0 Å². The Morgan fingerprint density at radius 3 is 2.95 bits per heavy atom. The summed E-state index contributed by atoms with van der Waals surface area (Å²) in [5.41, 5.74) is 0.414. The molecular weight excluding hydrogens is 355 g/mol. The Kier molecular flexibility index (Phi) is 4.67. The van der Waals surface area contributed by atoms with E-state index < -0.39 is 0 Å². The number of nitrogens with zero attached hydrogens (tertiary/aromatic N) is 2. The van der Waals surface area contributed by atoms with Crippen LogP contribution in [0.15, 0.2) is 18.2 Å². The van der Waals surface area contributed by atoms with Crippen LogP contribution >= 0.6 is 22.6 Å². The van der Waals surface area contributed by atoms with Gasteiger partial charge in [-0.3, -0.25) is 4.79 Å². The fraction of sp³-hybridized carbons (Fsp3) is 0.500. The van der Waals surface area contributed by atoms with Gasteiger partial charge < -0.3 is 14.9 Å². The second kappa shape index (κ2) is 6.09. The molecule has 1 aromatic rings. The Morgan fingerprint density at radius 2 is 2.26 bits per heavy atom. The first-order chi connectivity index (χ1) is 8.99. The van der Waals surface area contributed by atoms with E-state index >= 15 is 0 Å². The van der Waals surface area contributed by atoms with Gasteiger partial charge in [0.15, 0.2) is 0 Å². The van der Waals surface area contributed by atoms with Gasteiger partial charge in [0, 0.05) is 22.7 Å². The van der Waals surface area contributed by atoms with Crippen molar-refractivity contribution in [3.63, 3.8) is 0 Å². The molecule has 5 heteroatoms. The van der Waals surface area contributed by atoms with Crippen LogP contribution in [0.4, 0.5) is 0 Å². The zero-order valence-corrected chi connectivity index (χ0v) is 13.4.